The van der Waals surface area contributed by atoms with Crippen LogP contribution in [0.4, 0.5) is 5.69 Å². The first kappa shape index (κ1) is 15.1. The highest BCUT2D eigenvalue weighted by molar-refractivity contribution is 7.80. The van der Waals surface area contributed by atoms with E-state index in [1.165, 1.54) is 11.3 Å². The molecule has 2 aromatic rings. The zero-order valence-electron chi connectivity index (χ0n) is 10.8. The fraction of sp³-hybridized carbons (Fsp3) is 0.0714. The van der Waals surface area contributed by atoms with Gasteiger partial charge in [0.2, 0.25) is 0 Å². The van der Waals surface area contributed by atoms with Crippen LogP contribution >= 0.6 is 23.6 Å². The Labute approximate surface area is 130 Å². The van der Waals surface area contributed by atoms with Gasteiger partial charge in [-0.1, -0.05) is 18.2 Å². The Kier molecular flexibility index (Phi) is 5.02. The molecule has 0 saturated heterocycles. The highest BCUT2D eigenvalue weighted by atomic mass is 32.1. The smallest absolute Gasteiger partial charge is 0.307 e. The van der Waals surface area contributed by atoms with Crippen molar-refractivity contribution in [3.05, 3.63) is 52.2 Å². The largest absolute Gasteiger partial charge is 0.481 e. The van der Waals surface area contributed by atoms with Crippen molar-refractivity contribution in [3.63, 3.8) is 0 Å². The van der Waals surface area contributed by atoms with Gasteiger partial charge in [0, 0.05) is 5.69 Å². The number of carboxylic acid groups (broad SMARTS) is 1. The minimum Gasteiger partial charge on any atom is -0.481 e. The van der Waals surface area contributed by atoms with Crippen molar-refractivity contribution in [2.75, 3.05) is 5.32 Å². The van der Waals surface area contributed by atoms with E-state index >= 15 is 0 Å². The number of carbonyl (C=O) groups excluding carboxylic acids is 1. The lowest BCUT2D eigenvalue weighted by Gasteiger charge is -2.09. The summed E-state index contributed by atoms with van der Waals surface area (Å²) < 4.78 is 0. The first-order chi connectivity index (χ1) is 10.0. The Balaban J connectivity index is 1.90. The van der Waals surface area contributed by atoms with Crippen molar-refractivity contribution >= 4 is 46.2 Å². The van der Waals surface area contributed by atoms with E-state index in [2.05, 4.69) is 10.6 Å². The summed E-state index contributed by atoms with van der Waals surface area (Å²) in [7, 11) is 0. The first-order valence-corrected chi connectivity index (χ1v) is 7.30. The number of hydrogen-bond donors (Lipinski definition) is 3. The second-order valence-corrected chi connectivity index (χ2v) is 5.51. The number of anilines is 1. The lowest BCUT2D eigenvalue weighted by molar-refractivity contribution is -0.136. The molecule has 0 unspecified atom stereocenters. The molecule has 1 aromatic carbocycles. The van der Waals surface area contributed by atoms with Gasteiger partial charge in [0.1, 0.15) is 0 Å². The van der Waals surface area contributed by atoms with E-state index in [0.29, 0.717) is 16.1 Å². The van der Waals surface area contributed by atoms with Crippen molar-refractivity contribution in [3.8, 4) is 0 Å². The summed E-state index contributed by atoms with van der Waals surface area (Å²) in [6, 6.07) is 10.3. The van der Waals surface area contributed by atoms with Gasteiger partial charge in [0.05, 0.1) is 11.3 Å². The van der Waals surface area contributed by atoms with Crippen LogP contribution in [0.5, 0.6) is 0 Å². The molecule has 0 aliphatic rings. The topological polar surface area (TPSA) is 78.4 Å². The van der Waals surface area contributed by atoms with Crippen LogP contribution in [-0.4, -0.2) is 22.1 Å². The van der Waals surface area contributed by atoms with Gasteiger partial charge in [-0.2, -0.15) is 0 Å². The van der Waals surface area contributed by atoms with Gasteiger partial charge in [0.15, 0.2) is 5.11 Å². The number of thiocarbonyl (C=S) groups is 1. The number of carboxylic acids is 1. The molecule has 5 nitrogen and oxygen atoms in total. The van der Waals surface area contributed by atoms with Crippen molar-refractivity contribution in [2.45, 2.75) is 6.42 Å². The molecule has 0 saturated carbocycles. The minimum atomic E-state index is -0.880. The average molecular weight is 320 g/mol. The number of carbonyl (C=O) groups is 2. The van der Waals surface area contributed by atoms with E-state index in [0.717, 1.165) is 0 Å². The molecule has 7 heteroatoms. The Morgan fingerprint density at radius 3 is 2.48 bits per heavy atom. The van der Waals surface area contributed by atoms with Crippen molar-refractivity contribution in [1.29, 1.82) is 0 Å². The second-order valence-electron chi connectivity index (χ2n) is 4.15. The summed E-state index contributed by atoms with van der Waals surface area (Å²) >= 11 is 6.39. The molecule has 0 bridgehead atoms. The molecule has 1 aromatic heterocycles. The van der Waals surface area contributed by atoms with Gasteiger partial charge >= 0.3 is 5.97 Å². The van der Waals surface area contributed by atoms with Gasteiger partial charge in [-0.15, -0.1) is 11.3 Å². The van der Waals surface area contributed by atoms with E-state index in [4.69, 9.17) is 17.3 Å². The molecule has 0 aliphatic carbocycles. The van der Waals surface area contributed by atoms with E-state index in [-0.39, 0.29) is 17.4 Å². The quantitative estimate of drug-likeness (QED) is 0.755. The first-order valence-electron chi connectivity index (χ1n) is 6.01. The second kappa shape index (κ2) is 6.96. The van der Waals surface area contributed by atoms with E-state index in [1.807, 2.05) is 5.38 Å². The summed E-state index contributed by atoms with van der Waals surface area (Å²) in [6.07, 6.45) is -0.0279. The highest BCUT2D eigenvalue weighted by Gasteiger charge is 2.08. The fourth-order valence-corrected chi connectivity index (χ4v) is 2.44. The summed E-state index contributed by atoms with van der Waals surface area (Å²) in [6.45, 7) is 0. The third-order valence-electron chi connectivity index (χ3n) is 2.54. The molecule has 1 heterocycles. The van der Waals surface area contributed by atoms with E-state index in [1.54, 1.807) is 36.4 Å². The van der Waals surface area contributed by atoms with Crippen molar-refractivity contribution in [1.82, 2.24) is 5.32 Å². The summed E-state index contributed by atoms with van der Waals surface area (Å²) in [4.78, 5) is 23.0. The van der Waals surface area contributed by atoms with Crippen LogP contribution in [0.3, 0.4) is 0 Å². The number of rotatable bonds is 4. The Morgan fingerprint density at radius 1 is 1.19 bits per heavy atom. The fourth-order valence-electron chi connectivity index (χ4n) is 1.62. The Hall–Kier alpha value is -2.25. The number of hydrogen-bond acceptors (Lipinski definition) is 4. The maximum absolute atomic E-state index is 11.8. The maximum atomic E-state index is 11.8. The number of amides is 1. The molecule has 2 rings (SSSR count). The summed E-state index contributed by atoms with van der Waals surface area (Å²) in [5, 5.41) is 16.1. The molecule has 0 spiro atoms. The molecule has 0 fully saturated rings. The van der Waals surface area contributed by atoms with Crippen LogP contribution in [0.1, 0.15) is 15.2 Å². The summed E-state index contributed by atoms with van der Waals surface area (Å²) in [5.74, 6) is -1.14. The van der Waals surface area contributed by atoms with Crippen molar-refractivity contribution < 1.29 is 14.7 Å². The van der Waals surface area contributed by atoms with Gasteiger partial charge < -0.3 is 10.4 Å². The monoisotopic (exact) mass is 320 g/mol. The SMILES string of the molecule is O=C(O)Cc1ccc(NC(=S)NC(=O)c2cccs2)cc1. The van der Waals surface area contributed by atoms with Crippen LogP contribution in [0.15, 0.2) is 41.8 Å². The third kappa shape index (κ3) is 4.66. The predicted octanol–water partition coefficient (Wildman–Crippen LogP) is 2.50. The van der Waals surface area contributed by atoms with Crippen LogP contribution in [0.2, 0.25) is 0 Å². The third-order valence-corrected chi connectivity index (χ3v) is 3.61. The predicted molar refractivity (Wildman–Crippen MR) is 85.8 cm³/mol. The maximum Gasteiger partial charge on any atom is 0.307 e. The molecular formula is C14H12N2O3S2. The molecule has 21 heavy (non-hydrogen) atoms. The number of nitrogens with one attached hydrogen (secondary N) is 2. The van der Waals surface area contributed by atoms with Crippen LogP contribution < -0.4 is 10.6 Å². The molecule has 108 valence electrons. The molecular weight excluding hydrogens is 308 g/mol. The number of benzene rings is 1. The average Bonchev–Trinajstić information content (AvgIpc) is 2.94. The number of thiophene rings is 1. The summed E-state index contributed by atoms with van der Waals surface area (Å²) in [5.41, 5.74) is 1.38. The Bertz CT molecular complexity index is 651. The highest BCUT2D eigenvalue weighted by Crippen LogP contribution is 2.11. The normalized spacial score (nSPS) is 9.90. The lowest BCUT2D eigenvalue weighted by Crippen LogP contribution is -2.33. The standard InChI is InChI=1S/C14H12N2O3S2/c17-12(18)8-9-3-5-10(6-4-9)15-14(20)16-13(19)11-2-1-7-21-11/h1-7H,8H2,(H,17,18)(H2,15,16,19,20). The van der Waals surface area contributed by atoms with Crippen molar-refractivity contribution in [2.24, 2.45) is 0 Å². The Morgan fingerprint density at radius 2 is 1.90 bits per heavy atom. The number of aliphatic carboxylic acids is 1. The molecule has 0 aliphatic heterocycles. The molecule has 3 N–H and O–H groups in total. The zero-order valence-corrected chi connectivity index (χ0v) is 12.5. The van der Waals surface area contributed by atoms with Crippen LogP contribution in [-0.2, 0) is 11.2 Å². The van der Waals surface area contributed by atoms with Crippen LogP contribution in [0, 0.1) is 0 Å². The minimum absolute atomic E-state index is 0.0279. The molecule has 1 amide bonds. The van der Waals surface area contributed by atoms with E-state index in [9.17, 15) is 9.59 Å². The van der Waals surface area contributed by atoms with Gasteiger partial charge in [-0.05, 0) is 41.4 Å². The van der Waals surface area contributed by atoms with Crippen LogP contribution in [0.25, 0.3) is 0 Å². The van der Waals surface area contributed by atoms with E-state index < -0.39 is 5.97 Å². The van der Waals surface area contributed by atoms with Gasteiger partial charge in [-0.3, -0.25) is 14.9 Å². The van der Waals surface area contributed by atoms with Gasteiger partial charge in [0.25, 0.3) is 5.91 Å². The van der Waals surface area contributed by atoms with Gasteiger partial charge in [-0.25, -0.2) is 0 Å². The lowest BCUT2D eigenvalue weighted by atomic mass is 10.1. The molecule has 0 atom stereocenters. The molecule has 0 radical (unpaired) electrons. The zero-order chi connectivity index (χ0) is 15.2.